The summed E-state index contributed by atoms with van der Waals surface area (Å²) in [4.78, 5) is 21.2. The summed E-state index contributed by atoms with van der Waals surface area (Å²) in [5.74, 6) is 1.57. The van der Waals surface area contributed by atoms with E-state index in [9.17, 15) is 4.79 Å². The number of carbonyl (C=O) groups is 1. The fraction of sp³-hybridized carbons (Fsp3) is 0.318. The summed E-state index contributed by atoms with van der Waals surface area (Å²) in [7, 11) is 0. The van der Waals surface area contributed by atoms with E-state index in [1.165, 1.54) is 0 Å². The molecular formula is C22H26N4O3. The van der Waals surface area contributed by atoms with Crippen LogP contribution in [0.4, 0.5) is 11.6 Å². The van der Waals surface area contributed by atoms with Gasteiger partial charge in [0.2, 0.25) is 0 Å². The number of hydrogen-bond donors (Lipinski definition) is 2. The molecule has 152 valence electrons. The van der Waals surface area contributed by atoms with Crippen molar-refractivity contribution in [3.8, 4) is 5.75 Å². The zero-order chi connectivity index (χ0) is 20.8. The number of aryl methyl sites for hydroxylation is 1. The standard InChI is InChI=1S/C22H26N4O3/c1-5-28-19-11-17(13-24-21(19)26-20-9-7-8-14(3)25-20)16-10-18(15(4)23-12-16)22(27)29-6-2/h7-13,15,23H,5-6H2,1-4H3,(H,24,25,26). The Morgan fingerprint density at radius 3 is 2.83 bits per heavy atom. The van der Waals surface area contributed by atoms with Crippen LogP contribution in [0, 0.1) is 6.92 Å². The quantitative estimate of drug-likeness (QED) is 0.692. The first-order valence-corrected chi connectivity index (χ1v) is 9.70. The molecule has 2 aromatic heterocycles. The maximum absolute atomic E-state index is 12.2. The number of ether oxygens (including phenoxy) is 2. The summed E-state index contributed by atoms with van der Waals surface area (Å²) < 4.78 is 11.0. The highest BCUT2D eigenvalue weighted by Crippen LogP contribution is 2.30. The SMILES string of the molecule is CCOC(=O)C1=CC(c2cnc(Nc3cccc(C)n3)c(OCC)c2)=CNC1C. The van der Waals surface area contributed by atoms with Gasteiger partial charge in [-0.25, -0.2) is 14.8 Å². The molecule has 0 saturated heterocycles. The van der Waals surface area contributed by atoms with E-state index >= 15 is 0 Å². The summed E-state index contributed by atoms with van der Waals surface area (Å²) in [5.41, 5.74) is 3.15. The number of nitrogens with zero attached hydrogens (tertiary/aromatic N) is 2. The van der Waals surface area contributed by atoms with Gasteiger partial charge >= 0.3 is 5.97 Å². The minimum atomic E-state index is -0.320. The molecule has 3 heterocycles. The number of rotatable bonds is 7. The number of aromatic nitrogens is 2. The highest BCUT2D eigenvalue weighted by Gasteiger charge is 2.22. The molecule has 2 aromatic rings. The molecule has 0 aliphatic carbocycles. The molecule has 1 aliphatic rings. The molecular weight excluding hydrogens is 368 g/mol. The van der Waals surface area contributed by atoms with E-state index in [1.54, 1.807) is 13.1 Å². The summed E-state index contributed by atoms with van der Waals surface area (Å²) in [5, 5.41) is 6.41. The number of carbonyl (C=O) groups excluding carboxylic acids is 1. The first-order chi connectivity index (χ1) is 14.0. The van der Waals surface area contributed by atoms with E-state index in [1.807, 2.05) is 57.3 Å². The summed E-state index contributed by atoms with van der Waals surface area (Å²) in [6.45, 7) is 8.40. The number of hydrogen-bond acceptors (Lipinski definition) is 7. The Bertz CT molecular complexity index is 953. The van der Waals surface area contributed by atoms with Gasteiger partial charge in [-0.2, -0.15) is 0 Å². The topological polar surface area (TPSA) is 85.4 Å². The van der Waals surface area contributed by atoms with Gasteiger partial charge in [0, 0.05) is 23.7 Å². The maximum atomic E-state index is 12.2. The van der Waals surface area contributed by atoms with Gasteiger partial charge in [-0.1, -0.05) is 6.07 Å². The van der Waals surface area contributed by atoms with Crippen molar-refractivity contribution in [3.05, 3.63) is 59.6 Å². The number of dihydropyridines is 1. The average Bonchev–Trinajstić information content (AvgIpc) is 2.70. The molecule has 0 aromatic carbocycles. The molecule has 1 aliphatic heterocycles. The molecule has 29 heavy (non-hydrogen) atoms. The van der Waals surface area contributed by atoms with E-state index in [0.29, 0.717) is 36.2 Å². The second-order valence-corrected chi connectivity index (χ2v) is 6.60. The zero-order valence-corrected chi connectivity index (χ0v) is 17.2. The van der Waals surface area contributed by atoms with E-state index in [2.05, 4.69) is 20.6 Å². The monoisotopic (exact) mass is 394 g/mol. The second kappa shape index (κ2) is 9.23. The van der Waals surface area contributed by atoms with E-state index in [0.717, 1.165) is 16.8 Å². The van der Waals surface area contributed by atoms with Crippen molar-refractivity contribution >= 4 is 23.2 Å². The highest BCUT2D eigenvalue weighted by atomic mass is 16.5. The lowest BCUT2D eigenvalue weighted by Crippen LogP contribution is -2.31. The smallest absolute Gasteiger partial charge is 0.336 e. The van der Waals surface area contributed by atoms with E-state index in [-0.39, 0.29) is 12.0 Å². The number of esters is 1. The van der Waals surface area contributed by atoms with Crippen LogP contribution < -0.4 is 15.4 Å². The van der Waals surface area contributed by atoms with Crippen LogP contribution in [0.5, 0.6) is 5.75 Å². The van der Waals surface area contributed by atoms with Crippen LogP contribution >= 0.6 is 0 Å². The molecule has 0 amide bonds. The lowest BCUT2D eigenvalue weighted by molar-refractivity contribution is -0.138. The van der Waals surface area contributed by atoms with Crippen LogP contribution in [-0.4, -0.2) is 35.2 Å². The largest absolute Gasteiger partial charge is 0.490 e. The lowest BCUT2D eigenvalue weighted by Gasteiger charge is -2.21. The number of pyridine rings is 2. The third-order valence-electron chi connectivity index (χ3n) is 4.40. The first-order valence-electron chi connectivity index (χ1n) is 9.70. The Hall–Kier alpha value is -3.35. The van der Waals surface area contributed by atoms with Crippen molar-refractivity contribution in [2.24, 2.45) is 0 Å². The van der Waals surface area contributed by atoms with Crippen LogP contribution in [0.3, 0.4) is 0 Å². The fourth-order valence-corrected chi connectivity index (χ4v) is 2.95. The predicted molar refractivity (Wildman–Crippen MR) is 113 cm³/mol. The van der Waals surface area contributed by atoms with Gasteiger partial charge in [-0.15, -0.1) is 0 Å². The summed E-state index contributed by atoms with van der Waals surface area (Å²) in [6, 6.07) is 7.52. The molecule has 0 bridgehead atoms. The molecule has 0 spiro atoms. The molecule has 2 N–H and O–H groups in total. The minimum absolute atomic E-state index is 0.120. The molecule has 1 unspecified atom stereocenters. The van der Waals surface area contributed by atoms with Gasteiger partial charge in [0.05, 0.1) is 24.8 Å². The number of nitrogens with one attached hydrogen (secondary N) is 2. The molecule has 7 nitrogen and oxygen atoms in total. The fourth-order valence-electron chi connectivity index (χ4n) is 2.95. The Morgan fingerprint density at radius 1 is 1.28 bits per heavy atom. The average molecular weight is 394 g/mol. The van der Waals surface area contributed by atoms with E-state index < -0.39 is 0 Å². The Morgan fingerprint density at radius 2 is 2.10 bits per heavy atom. The van der Waals surface area contributed by atoms with Crippen molar-refractivity contribution in [1.29, 1.82) is 0 Å². The maximum Gasteiger partial charge on any atom is 0.336 e. The zero-order valence-electron chi connectivity index (χ0n) is 17.2. The van der Waals surface area contributed by atoms with E-state index in [4.69, 9.17) is 9.47 Å². The van der Waals surface area contributed by atoms with Gasteiger partial charge in [0.15, 0.2) is 11.6 Å². The number of allylic oxidation sites excluding steroid dienone is 2. The molecule has 3 rings (SSSR count). The Kier molecular flexibility index (Phi) is 6.49. The molecule has 1 atom stereocenters. The summed E-state index contributed by atoms with van der Waals surface area (Å²) in [6.07, 6.45) is 5.44. The van der Waals surface area contributed by atoms with Crippen LogP contribution in [0.2, 0.25) is 0 Å². The minimum Gasteiger partial charge on any atom is -0.490 e. The van der Waals surface area contributed by atoms with Gasteiger partial charge in [-0.05, 0) is 57.5 Å². The van der Waals surface area contributed by atoms with Crippen molar-refractivity contribution in [3.63, 3.8) is 0 Å². The third kappa shape index (κ3) is 4.93. The van der Waals surface area contributed by atoms with Crippen molar-refractivity contribution < 1.29 is 14.3 Å². The van der Waals surface area contributed by atoms with Gasteiger partial charge < -0.3 is 20.1 Å². The predicted octanol–water partition coefficient (Wildman–Crippen LogP) is 3.75. The van der Waals surface area contributed by atoms with Crippen LogP contribution in [0.1, 0.15) is 32.0 Å². The lowest BCUT2D eigenvalue weighted by atomic mass is 9.98. The van der Waals surface area contributed by atoms with Crippen molar-refractivity contribution in [1.82, 2.24) is 15.3 Å². The normalized spacial score (nSPS) is 15.7. The highest BCUT2D eigenvalue weighted by molar-refractivity contribution is 5.95. The molecule has 0 radical (unpaired) electrons. The van der Waals surface area contributed by atoms with Crippen LogP contribution in [-0.2, 0) is 9.53 Å². The third-order valence-corrected chi connectivity index (χ3v) is 4.40. The first kappa shape index (κ1) is 20.4. The Balaban J connectivity index is 1.90. The van der Waals surface area contributed by atoms with Crippen LogP contribution in [0.15, 0.2) is 48.3 Å². The van der Waals surface area contributed by atoms with Crippen LogP contribution in [0.25, 0.3) is 5.57 Å². The van der Waals surface area contributed by atoms with Gasteiger partial charge in [-0.3, -0.25) is 0 Å². The molecule has 0 fully saturated rings. The van der Waals surface area contributed by atoms with Crippen molar-refractivity contribution in [2.45, 2.75) is 33.7 Å². The molecule has 0 saturated carbocycles. The van der Waals surface area contributed by atoms with Gasteiger partial charge in [0.25, 0.3) is 0 Å². The number of anilines is 2. The Labute approximate surface area is 170 Å². The summed E-state index contributed by atoms with van der Waals surface area (Å²) >= 11 is 0. The molecule has 7 heteroatoms. The van der Waals surface area contributed by atoms with Crippen molar-refractivity contribution in [2.75, 3.05) is 18.5 Å². The van der Waals surface area contributed by atoms with Gasteiger partial charge in [0.1, 0.15) is 5.82 Å². The second-order valence-electron chi connectivity index (χ2n) is 6.60.